The van der Waals surface area contributed by atoms with Crippen LogP contribution in [-0.2, 0) is 0 Å². The summed E-state index contributed by atoms with van der Waals surface area (Å²) in [5.41, 5.74) is 7.42. The monoisotopic (exact) mass is 370 g/mol. The van der Waals surface area contributed by atoms with E-state index >= 15 is 0 Å². The molecule has 0 unspecified atom stereocenters. The van der Waals surface area contributed by atoms with Crippen molar-refractivity contribution in [3.63, 3.8) is 0 Å². The summed E-state index contributed by atoms with van der Waals surface area (Å²) in [5.74, 6) is 0. The highest BCUT2D eigenvalue weighted by Crippen LogP contribution is 2.28. The van der Waals surface area contributed by atoms with Crippen LogP contribution >= 0.6 is 0 Å². The molecule has 2 aromatic heterocycles. The van der Waals surface area contributed by atoms with Gasteiger partial charge >= 0.3 is 6.03 Å². The van der Waals surface area contributed by atoms with Crippen molar-refractivity contribution in [1.82, 2.24) is 9.38 Å². The molecule has 2 N–H and O–H groups in total. The number of benzene rings is 2. The second kappa shape index (κ2) is 7.19. The van der Waals surface area contributed by atoms with Crippen LogP contribution in [0.5, 0.6) is 0 Å². The van der Waals surface area contributed by atoms with Crippen LogP contribution in [0.3, 0.4) is 0 Å². The maximum atomic E-state index is 12.6. The summed E-state index contributed by atoms with van der Waals surface area (Å²) in [6.45, 7) is 6.06. The number of hydrogen-bond acceptors (Lipinski definition) is 2. The fraction of sp³-hybridized carbons (Fsp3) is 0.130. The standard InChI is InChI=1S/C23H22N4O/c1-15-8-6-12-19(17(15)3)25-23(28)26-20-11-5-4-10-18(20)21-14-27-13-7-9-16(2)22(27)24-21/h4-14H,1-3H3,(H2,25,26,28). The van der Waals surface area contributed by atoms with Crippen LogP contribution in [-0.4, -0.2) is 15.4 Å². The van der Waals surface area contributed by atoms with E-state index in [4.69, 9.17) is 4.98 Å². The third kappa shape index (κ3) is 3.34. The van der Waals surface area contributed by atoms with Gasteiger partial charge in [-0.1, -0.05) is 36.4 Å². The number of aryl methyl sites for hydroxylation is 2. The smallest absolute Gasteiger partial charge is 0.307 e. The minimum Gasteiger partial charge on any atom is -0.307 e. The van der Waals surface area contributed by atoms with E-state index in [9.17, 15) is 4.79 Å². The summed E-state index contributed by atoms with van der Waals surface area (Å²) < 4.78 is 2.00. The summed E-state index contributed by atoms with van der Waals surface area (Å²) in [7, 11) is 0. The van der Waals surface area contributed by atoms with Gasteiger partial charge in [-0.2, -0.15) is 0 Å². The maximum absolute atomic E-state index is 12.6. The minimum atomic E-state index is -0.277. The van der Waals surface area contributed by atoms with Gasteiger partial charge in [-0.05, 0) is 55.7 Å². The molecule has 140 valence electrons. The Morgan fingerprint density at radius 2 is 1.57 bits per heavy atom. The lowest BCUT2D eigenvalue weighted by atomic mass is 10.1. The molecule has 2 heterocycles. The molecule has 5 heteroatoms. The van der Waals surface area contributed by atoms with E-state index in [1.54, 1.807) is 0 Å². The minimum absolute atomic E-state index is 0.277. The molecule has 0 atom stereocenters. The number of nitrogens with zero attached hydrogens (tertiary/aromatic N) is 2. The van der Waals surface area contributed by atoms with Gasteiger partial charge in [-0.15, -0.1) is 0 Å². The number of urea groups is 1. The fourth-order valence-electron chi connectivity index (χ4n) is 3.26. The van der Waals surface area contributed by atoms with E-state index in [1.165, 1.54) is 0 Å². The number of amides is 2. The molecule has 0 spiro atoms. The van der Waals surface area contributed by atoms with E-state index < -0.39 is 0 Å². The Morgan fingerprint density at radius 1 is 0.857 bits per heavy atom. The van der Waals surface area contributed by atoms with Crippen LogP contribution in [0.25, 0.3) is 16.9 Å². The van der Waals surface area contributed by atoms with Gasteiger partial charge in [-0.25, -0.2) is 9.78 Å². The van der Waals surface area contributed by atoms with Gasteiger partial charge in [0.25, 0.3) is 0 Å². The lowest BCUT2D eigenvalue weighted by molar-refractivity contribution is 0.262. The molecule has 0 bridgehead atoms. The number of anilines is 2. The summed E-state index contributed by atoms with van der Waals surface area (Å²) in [6.07, 6.45) is 3.95. The zero-order valence-corrected chi connectivity index (χ0v) is 16.2. The third-order valence-corrected chi connectivity index (χ3v) is 4.98. The molecule has 2 aromatic carbocycles. The number of aromatic nitrogens is 2. The molecule has 0 fully saturated rings. The van der Waals surface area contributed by atoms with E-state index in [2.05, 4.69) is 10.6 Å². The van der Waals surface area contributed by atoms with Crippen molar-refractivity contribution in [3.8, 4) is 11.3 Å². The molecule has 0 saturated carbocycles. The predicted molar refractivity (Wildman–Crippen MR) is 114 cm³/mol. The molecule has 0 saturated heterocycles. The van der Waals surface area contributed by atoms with Crippen LogP contribution in [0.4, 0.5) is 16.2 Å². The van der Waals surface area contributed by atoms with Gasteiger partial charge in [0, 0.05) is 23.6 Å². The van der Waals surface area contributed by atoms with E-state index in [1.807, 2.05) is 92.2 Å². The van der Waals surface area contributed by atoms with Crippen molar-refractivity contribution < 1.29 is 4.79 Å². The summed E-state index contributed by atoms with van der Waals surface area (Å²) in [6, 6.07) is 17.3. The summed E-state index contributed by atoms with van der Waals surface area (Å²) in [5, 5.41) is 5.90. The number of nitrogens with one attached hydrogen (secondary N) is 2. The summed E-state index contributed by atoms with van der Waals surface area (Å²) in [4.78, 5) is 17.4. The molecule has 4 rings (SSSR count). The molecule has 0 radical (unpaired) electrons. The topological polar surface area (TPSA) is 58.4 Å². The number of fused-ring (bicyclic) bond motifs is 1. The number of hydrogen-bond donors (Lipinski definition) is 2. The Morgan fingerprint density at radius 3 is 2.39 bits per heavy atom. The van der Waals surface area contributed by atoms with Gasteiger partial charge in [-0.3, -0.25) is 0 Å². The van der Waals surface area contributed by atoms with Crippen molar-refractivity contribution in [2.24, 2.45) is 0 Å². The molecular weight excluding hydrogens is 348 g/mol. The van der Waals surface area contributed by atoms with Gasteiger partial charge < -0.3 is 15.0 Å². The molecule has 0 aliphatic heterocycles. The second-order valence-electron chi connectivity index (χ2n) is 6.92. The SMILES string of the molecule is Cc1cccc(NC(=O)Nc2ccccc2-c2cn3cccc(C)c3n2)c1C. The first-order valence-corrected chi connectivity index (χ1v) is 9.21. The number of para-hydroxylation sites is 1. The van der Waals surface area contributed by atoms with Crippen LogP contribution in [0.1, 0.15) is 16.7 Å². The van der Waals surface area contributed by atoms with Crippen molar-refractivity contribution >= 4 is 23.1 Å². The average molecular weight is 370 g/mol. The average Bonchev–Trinajstić information content (AvgIpc) is 3.11. The van der Waals surface area contributed by atoms with Crippen molar-refractivity contribution in [2.75, 3.05) is 10.6 Å². The summed E-state index contributed by atoms with van der Waals surface area (Å²) >= 11 is 0. The van der Waals surface area contributed by atoms with Gasteiger partial charge in [0.2, 0.25) is 0 Å². The predicted octanol–water partition coefficient (Wildman–Crippen LogP) is 5.57. The number of carbonyl (C=O) groups is 1. The van der Waals surface area contributed by atoms with Crippen molar-refractivity contribution in [1.29, 1.82) is 0 Å². The molecule has 28 heavy (non-hydrogen) atoms. The highest BCUT2D eigenvalue weighted by atomic mass is 16.2. The molecule has 0 aliphatic carbocycles. The van der Waals surface area contributed by atoms with Crippen molar-refractivity contribution in [2.45, 2.75) is 20.8 Å². The molecule has 4 aromatic rings. The van der Waals surface area contributed by atoms with E-state index in [-0.39, 0.29) is 6.03 Å². The quantitative estimate of drug-likeness (QED) is 0.495. The molecule has 5 nitrogen and oxygen atoms in total. The highest BCUT2D eigenvalue weighted by Gasteiger charge is 2.13. The first-order valence-electron chi connectivity index (χ1n) is 9.21. The van der Waals surface area contributed by atoms with Gasteiger partial charge in [0.05, 0.1) is 11.4 Å². The van der Waals surface area contributed by atoms with Crippen LogP contribution in [0.2, 0.25) is 0 Å². The van der Waals surface area contributed by atoms with E-state index in [0.29, 0.717) is 5.69 Å². The van der Waals surface area contributed by atoms with Gasteiger partial charge in [0.15, 0.2) is 0 Å². The van der Waals surface area contributed by atoms with Gasteiger partial charge in [0.1, 0.15) is 5.65 Å². The Balaban J connectivity index is 1.63. The number of pyridine rings is 1. The first kappa shape index (κ1) is 17.8. The number of carbonyl (C=O) groups excluding carboxylic acids is 1. The second-order valence-corrected chi connectivity index (χ2v) is 6.92. The lowest BCUT2D eigenvalue weighted by Gasteiger charge is -2.13. The van der Waals surface area contributed by atoms with E-state index in [0.717, 1.165) is 39.3 Å². The Bertz CT molecular complexity index is 1180. The Labute approximate surface area is 164 Å². The Hall–Kier alpha value is -3.60. The normalized spacial score (nSPS) is 10.8. The Kier molecular flexibility index (Phi) is 4.57. The zero-order chi connectivity index (χ0) is 19.7. The van der Waals surface area contributed by atoms with Crippen LogP contribution in [0, 0.1) is 20.8 Å². The van der Waals surface area contributed by atoms with Crippen molar-refractivity contribution in [3.05, 3.63) is 83.7 Å². The molecular formula is C23H22N4O. The molecule has 0 aliphatic rings. The zero-order valence-electron chi connectivity index (χ0n) is 16.2. The highest BCUT2D eigenvalue weighted by molar-refractivity contribution is 6.02. The van der Waals surface area contributed by atoms with Crippen LogP contribution < -0.4 is 10.6 Å². The first-order chi connectivity index (χ1) is 13.5. The lowest BCUT2D eigenvalue weighted by Crippen LogP contribution is -2.20. The fourth-order valence-corrected chi connectivity index (χ4v) is 3.26. The maximum Gasteiger partial charge on any atom is 0.323 e. The number of imidazole rings is 1. The molecule has 2 amide bonds. The third-order valence-electron chi connectivity index (χ3n) is 4.98. The number of rotatable bonds is 3. The van der Waals surface area contributed by atoms with Crippen LogP contribution in [0.15, 0.2) is 67.0 Å². The largest absolute Gasteiger partial charge is 0.323 e.